The fourth-order valence-electron chi connectivity index (χ4n) is 2.79. The molecule has 0 radical (unpaired) electrons. The number of aromatic nitrogens is 1. The van der Waals surface area contributed by atoms with E-state index >= 15 is 0 Å². The summed E-state index contributed by atoms with van der Waals surface area (Å²) in [5, 5.41) is 20.8. The van der Waals surface area contributed by atoms with Crippen molar-refractivity contribution >= 4 is 23.2 Å². The monoisotopic (exact) mass is 318 g/mol. The number of carbonyl (C=O) groups excluding carboxylic acids is 1. The number of likely N-dealkylation sites (N-methyl/N-ethyl adjacent to an activating group) is 1. The normalized spacial score (nSPS) is 20.3. The van der Waals surface area contributed by atoms with Gasteiger partial charge in [-0.05, 0) is 37.3 Å². The van der Waals surface area contributed by atoms with Crippen LogP contribution in [0.1, 0.15) is 18.2 Å². The van der Waals surface area contributed by atoms with E-state index in [4.69, 9.17) is 11.6 Å². The summed E-state index contributed by atoms with van der Waals surface area (Å²) in [6.07, 6.45) is 1.31. The van der Waals surface area contributed by atoms with Gasteiger partial charge < -0.3 is 15.1 Å². The Bertz CT molecular complexity index is 733. The van der Waals surface area contributed by atoms with E-state index in [1.165, 1.54) is 17.2 Å². The topological polar surface area (TPSA) is 73.7 Å². The molecule has 1 aliphatic heterocycles. The molecule has 0 bridgehead atoms. The second-order valence-electron chi connectivity index (χ2n) is 5.26. The summed E-state index contributed by atoms with van der Waals surface area (Å²) in [7, 11) is 0. The summed E-state index contributed by atoms with van der Waals surface area (Å²) in [6.45, 7) is 2.31. The van der Waals surface area contributed by atoms with Gasteiger partial charge in [0.25, 0.3) is 5.91 Å². The molecule has 2 N–H and O–H groups in total. The van der Waals surface area contributed by atoms with E-state index in [2.05, 4.69) is 4.98 Å². The van der Waals surface area contributed by atoms with Crippen LogP contribution in [-0.2, 0) is 16.8 Å². The second-order valence-corrected chi connectivity index (χ2v) is 5.69. The molecule has 5 nitrogen and oxygen atoms in total. The third kappa shape index (κ3) is 2.23. The van der Waals surface area contributed by atoms with Gasteiger partial charge >= 0.3 is 0 Å². The Kier molecular flexibility index (Phi) is 3.54. The maximum Gasteiger partial charge on any atom is 0.264 e. The molecular formula is C16H15ClN2O3. The molecule has 6 heteroatoms. The van der Waals surface area contributed by atoms with Gasteiger partial charge in [0.15, 0.2) is 5.60 Å². The molecule has 3 rings (SSSR count). The molecular weight excluding hydrogens is 304 g/mol. The van der Waals surface area contributed by atoms with Gasteiger partial charge in [0, 0.05) is 29.2 Å². The van der Waals surface area contributed by atoms with Gasteiger partial charge in [-0.25, -0.2) is 0 Å². The quantitative estimate of drug-likeness (QED) is 0.910. The highest BCUT2D eigenvalue weighted by Crippen LogP contribution is 2.43. The van der Waals surface area contributed by atoms with Crippen molar-refractivity contribution in [2.24, 2.45) is 0 Å². The molecule has 1 unspecified atom stereocenters. The van der Waals surface area contributed by atoms with Crippen molar-refractivity contribution in [3.63, 3.8) is 0 Å². The Morgan fingerprint density at radius 3 is 2.73 bits per heavy atom. The minimum absolute atomic E-state index is 0.0238. The standard InChI is InChI=1S/C16H15ClN2O3/c1-2-19-14-6-3-10(17)7-13(14)16(22,15(19)21)8-11-4-5-12(20)9-18-11/h3-7,9,20,22H,2,8H2,1H3. The Labute approximate surface area is 132 Å². The Hall–Kier alpha value is -2.11. The van der Waals surface area contributed by atoms with E-state index < -0.39 is 5.60 Å². The lowest BCUT2D eigenvalue weighted by molar-refractivity contribution is -0.136. The number of anilines is 1. The zero-order valence-corrected chi connectivity index (χ0v) is 12.7. The number of halogens is 1. The highest BCUT2D eigenvalue weighted by Gasteiger charge is 2.49. The van der Waals surface area contributed by atoms with Crippen LogP contribution in [0.3, 0.4) is 0 Å². The number of rotatable bonds is 3. The van der Waals surface area contributed by atoms with E-state index in [9.17, 15) is 15.0 Å². The summed E-state index contributed by atoms with van der Waals surface area (Å²) in [5.41, 5.74) is -0.0299. The Morgan fingerprint density at radius 1 is 1.32 bits per heavy atom. The summed E-state index contributed by atoms with van der Waals surface area (Å²) >= 11 is 6.02. The zero-order chi connectivity index (χ0) is 15.9. The van der Waals surface area contributed by atoms with E-state index in [1.54, 1.807) is 24.3 Å². The van der Waals surface area contributed by atoms with Crippen LogP contribution in [0.15, 0.2) is 36.5 Å². The molecule has 22 heavy (non-hydrogen) atoms. The van der Waals surface area contributed by atoms with Crippen molar-refractivity contribution in [3.05, 3.63) is 52.8 Å². The average molecular weight is 319 g/mol. The summed E-state index contributed by atoms with van der Waals surface area (Å²) in [5.74, 6) is -0.353. The highest BCUT2D eigenvalue weighted by molar-refractivity contribution is 6.31. The first-order valence-electron chi connectivity index (χ1n) is 6.94. The lowest BCUT2D eigenvalue weighted by Gasteiger charge is -2.22. The van der Waals surface area contributed by atoms with Crippen molar-refractivity contribution in [1.82, 2.24) is 4.98 Å². The van der Waals surface area contributed by atoms with Crippen LogP contribution in [0.25, 0.3) is 0 Å². The Morgan fingerprint density at radius 2 is 2.09 bits per heavy atom. The largest absolute Gasteiger partial charge is 0.506 e. The van der Waals surface area contributed by atoms with Crippen LogP contribution in [-0.4, -0.2) is 27.6 Å². The third-order valence-corrected chi connectivity index (χ3v) is 4.09. The molecule has 0 saturated carbocycles. The maximum absolute atomic E-state index is 12.7. The van der Waals surface area contributed by atoms with Crippen molar-refractivity contribution < 1.29 is 15.0 Å². The van der Waals surface area contributed by atoms with Gasteiger partial charge in [-0.1, -0.05) is 11.6 Å². The fraction of sp³-hybridized carbons (Fsp3) is 0.250. The third-order valence-electron chi connectivity index (χ3n) is 3.86. The second kappa shape index (κ2) is 5.26. The highest BCUT2D eigenvalue weighted by atomic mass is 35.5. The lowest BCUT2D eigenvalue weighted by Crippen LogP contribution is -2.42. The molecule has 2 heterocycles. The van der Waals surface area contributed by atoms with Crippen LogP contribution in [0, 0.1) is 0 Å². The van der Waals surface area contributed by atoms with Gasteiger partial charge in [0.1, 0.15) is 5.75 Å². The van der Waals surface area contributed by atoms with Gasteiger partial charge in [-0.15, -0.1) is 0 Å². The van der Waals surface area contributed by atoms with Gasteiger partial charge in [0.2, 0.25) is 0 Å². The predicted octanol–water partition coefficient (Wildman–Crippen LogP) is 2.24. The Balaban J connectivity index is 2.07. The zero-order valence-electron chi connectivity index (χ0n) is 12.0. The summed E-state index contributed by atoms with van der Waals surface area (Å²) < 4.78 is 0. The van der Waals surface area contributed by atoms with Gasteiger partial charge in [-0.3, -0.25) is 9.78 Å². The van der Waals surface area contributed by atoms with E-state index in [0.29, 0.717) is 28.5 Å². The molecule has 0 saturated heterocycles. The van der Waals surface area contributed by atoms with E-state index in [1.807, 2.05) is 6.92 Å². The number of aliphatic hydroxyl groups is 1. The minimum atomic E-state index is -1.69. The number of amides is 1. The number of hydrogen-bond donors (Lipinski definition) is 2. The van der Waals surface area contributed by atoms with E-state index in [0.717, 1.165) is 0 Å². The van der Waals surface area contributed by atoms with E-state index in [-0.39, 0.29) is 18.1 Å². The lowest BCUT2D eigenvalue weighted by atomic mass is 9.90. The first-order valence-corrected chi connectivity index (χ1v) is 7.32. The van der Waals surface area contributed by atoms with Crippen molar-refractivity contribution in [2.75, 3.05) is 11.4 Å². The molecule has 0 spiro atoms. The minimum Gasteiger partial charge on any atom is -0.506 e. The SMILES string of the molecule is CCN1C(=O)C(O)(Cc2ccc(O)cn2)c2cc(Cl)ccc21. The van der Waals surface area contributed by atoms with Gasteiger partial charge in [-0.2, -0.15) is 0 Å². The molecule has 0 fully saturated rings. The summed E-state index contributed by atoms with van der Waals surface area (Å²) in [6, 6.07) is 8.11. The molecule has 1 amide bonds. The molecule has 1 atom stereocenters. The van der Waals surface area contributed by atoms with Crippen LogP contribution in [0.5, 0.6) is 5.75 Å². The number of aromatic hydroxyl groups is 1. The van der Waals surface area contributed by atoms with Crippen LogP contribution in [0.2, 0.25) is 5.02 Å². The van der Waals surface area contributed by atoms with Crippen molar-refractivity contribution in [2.45, 2.75) is 18.9 Å². The number of benzene rings is 1. The first-order chi connectivity index (χ1) is 10.5. The van der Waals surface area contributed by atoms with Crippen molar-refractivity contribution in [1.29, 1.82) is 0 Å². The molecule has 2 aromatic rings. The molecule has 1 aromatic heterocycles. The number of nitrogens with zero attached hydrogens (tertiary/aromatic N) is 2. The number of carbonyl (C=O) groups is 1. The van der Waals surface area contributed by atoms with Crippen LogP contribution < -0.4 is 4.90 Å². The first kappa shape index (κ1) is 14.8. The van der Waals surface area contributed by atoms with Crippen LogP contribution >= 0.6 is 11.6 Å². The van der Waals surface area contributed by atoms with Crippen molar-refractivity contribution in [3.8, 4) is 5.75 Å². The maximum atomic E-state index is 12.7. The van der Waals surface area contributed by atoms with Gasteiger partial charge in [0.05, 0.1) is 11.9 Å². The predicted molar refractivity (Wildman–Crippen MR) is 83.0 cm³/mol. The fourth-order valence-corrected chi connectivity index (χ4v) is 2.96. The molecule has 1 aromatic carbocycles. The number of pyridine rings is 1. The summed E-state index contributed by atoms with van der Waals surface area (Å²) in [4.78, 5) is 18.2. The van der Waals surface area contributed by atoms with Crippen LogP contribution in [0.4, 0.5) is 5.69 Å². The number of hydrogen-bond acceptors (Lipinski definition) is 4. The molecule has 1 aliphatic rings. The molecule has 114 valence electrons. The molecule has 0 aliphatic carbocycles. The smallest absolute Gasteiger partial charge is 0.264 e. The average Bonchev–Trinajstić information content (AvgIpc) is 2.70. The number of fused-ring (bicyclic) bond motifs is 1.